The number of rotatable bonds is 4. The SMILES string of the molecule is CCCOC(=O)N1CCN(C(=O)c2ccc3c(Cl)cc(-c4ccc5ncn(C)c5c4)nc3c2)CC1. The number of halogens is 1. The van der Waals surface area contributed by atoms with Crippen LogP contribution in [0.5, 0.6) is 0 Å². The number of aromatic nitrogens is 3. The van der Waals surface area contributed by atoms with Gasteiger partial charge in [-0.15, -0.1) is 0 Å². The molecule has 8 nitrogen and oxygen atoms in total. The van der Waals surface area contributed by atoms with Gasteiger partial charge in [-0.05, 0) is 36.8 Å². The van der Waals surface area contributed by atoms with Crippen molar-refractivity contribution >= 4 is 45.5 Å². The predicted molar refractivity (Wildman–Crippen MR) is 136 cm³/mol. The van der Waals surface area contributed by atoms with Crippen LogP contribution in [-0.4, -0.2) is 69.1 Å². The summed E-state index contributed by atoms with van der Waals surface area (Å²) in [4.78, 5) is 37.9. The fourth-order valence-electron chi connectivity index (χ4n) is 4.31. The Morgan fingerprint density at radius 3 is 2.54 bits per heavy atom. The molecule has 0 bridgehead atoms. The molecular formula is C26H26ClN5O3. The van der Waals surface area contributed by atoms with E-state index in [2.05, 4.69) is 4.98 Å². The summed E-state index contributed by atoms with van der Waals surface area (Å²) in [5, 5.41) is 1.37. The molecule has 0 aliphatic carbocycles. The molecule has 9 heteroatoms. The molecule has 2 aromatic carbocycles. The molecule has 3 heterocycles. The van der Waals surface area contributed by atoms with Crippen LogP contribution < -0.4 is 0 Å². The lowest BCUT2D eigenvalue weighted by Crippen LogP contribution is -2.50. The molecule has 0 atom stereocenters. The smallest absolute Gasteiger partial charge is 0.409 e. The summed E-state index contributed by atoms with van der Waals surface area (Å²) in [6.07, 6.45) is 2.24. The number of imidazole rings is 1. The van der Waals surface area contributed by atoms with E-state index >= 15 is 0 Å². The molecule has 5 rings (SSSR count). The average molecular weight is 492 g/mol. The van der Waals surface area contributed by atoms with Crippen LogP contribution in [0, 0.1) is 0 Å². The molecule has 0 unspecified atom stereocenters. The van der Waals surface area contributed by atoms with Crippen LogP contribution in [0.1, 0.15) is 23.7 Å². The van der Waals surface area contributed by atoms with Crippen molar-refractivity contribution in [2.45, 2.75) is 13.3 Å². The fourth-order valence-corrected chi connectivity index (χ4v) is 4.57. The number of carbonyl (C=O) groups is 2. The molecule has 2 aromatic heterocycles. The summed E-state index contributed by atoms with van der Waals surface area (Å²) in [7, 11) is 1.95. The van der Waals surface area contributed by atoms with Gasteiger partial charge in [0.1, 0.15) is 0 Å². The molecular weight excluding hydrogens is 466 g/mol. The molecule has 0 N–H and O–H groups in total. The largest absolute Gasteiger partial charge is 0.449 e. The number of hydrogen-bond donors (Lipinski definition) is 0. The second-order valence-electron chi connectivity index (χ2n) is 8.67. The number of amides is 2. The van der Waals surface area contributed by atoms with Crippen LogP contribution in [0.15, 0.2) is 48.8 Å². The van der Waals surface area contributed by atoms with Crippen molar-refractivity contribution in [1.82, 2.24) is 24.3 Å². The first-order valence-electron chi connectivity index (χ1n) is 11.7. The molecule has 2 amide bonds. The van der Waals surface area contributed by atoms with Gasteiger partial charge < -0.3 is 19.1 Å². The highest BCUT2D eigenvalue weighted by Gasteiger charge is 2.26. The molecule has 1 aliphatic rings. The molecule has 1 fully saturated rings. The topological polar surface area (TPSA) is 80.6 Å². The highest BCUT2D eigenvalue weighted by atomic mass is 35.5. The van der Waals surface area contributed by atoms with Gasteiger partial charge in [0, 0.05) is 49.7 Å². The Labute approximate surface area is 208 Å². The lowest BCUT2D eigenvalue weighted by molar-refractivity contribution is 0.0560. The van der Waals surface area contributed by atoms with Gasteiger partial charge in [0.05, 0.1) is 40.2 Å². The minimum absolute atomic E-state index is 0.0897. The molecule has 35 heavy (non-hydrogen) atoms. The zero-order chi connectivity index (χ0) is 24.5. The number of piperazine rings is 1. The summed E-state index contributed by atoms with van der Waals surface area (Å²) in [6, 6.07) is 13.2. The van der Waals surface area contributed by atoms with E-state index in [1.165, 1.54) is 0 Å². The summed E-state index contributed by atoms with van der Waals surface area (Å²) >= 11 is 6.60. The third-order valence-corrected chi connectivity index (χ3v) is 6.59. The van der Waals surface area contributed by atoms with Crippen molar-refractivity contribution in [2.75, 3.05) is 32.8 Å². The monoisotopic (exact) mass is 491 g/mol. The first-order chi connectivity index (χ1) is 16.9. The summed E-state index contributed by atoms with van der Waals surface area (Å²) in [6.45, 7) is 4.17. The van der Waals surface area contributed by atoms with Gasteiger partial charge in [-0.25, -0.2) is 14.8 Å². The number of nitrogens with zero attached hydrogens (tertiary/aromatic N) is 5. The van der Waals surface area contributed by atoms with Gasteiger partial charge in [0.25, 0.3) is 5.91 Å². The van der Waals surface area contributed by atoms with E-state index < -0.39 is 0 Å². The number of fused-ring (bicyclic) bond motifs is 2. The van der Waals surface area contributed by atoms with Gasteiger partial charge >= 0.3 is 6.09 Å². The summed E-state index contributed by atoms with van der Waals surface area (Å²) in [5.41, 5.74) is 4.77. The normalized spacial score (nSPS) is 14.0. The van der Waals surface area contributed by atoms with Gasteiger partial charge in [-0.1, -0.05) is 30.7 Å². The highest BCUT2D eigenvalue weighted by Crippen LogP contribution is 2.30. The lowest BCUT2D eigenvalue weighted by atomic mass is 10.1. The van der Waals surface area contributed by atoms with E-state index in [0.29, 0.717) is 48.9 Å². The summed E-state index contributed by atoms with van der Waals surface area (Å²) in [5.74, 6) is -0.0897. The van der Waals surface area contributed by atoms with Crippen molar-refractivity contribution < 1.29 is 14.3 Å². The Kier molecular flexibility index (Phi) is 6.30. The van der Waals surface area contributed by atoms with E-state index in [1.807, 2.05) is 48.9 Å². The quantitative estimate of drug-likeness (QED) is 0.411. The summed E-state index contributed by atoms with van der Waals surface area (Å²) < 4.78 is 7.16. The number of pyridine rings is 1. The molecule has 0 saturated carbocycles. The Morgan fingerprint density at radius 2 is 1.77 bits per heavy atom. The maximum absolute atomic E-state index is 13.2. The maximum atomic E-state index is 13.2. The Bertz CT molecular complexity index is 1430. The van der Waals surface area contributed by atoms with Crippen molar-refractivity contribution in [3.63, 3.8) is 0 Å². The molecule has 1 saturated heterocycles. The van der Waals surface area contributed by atoms with E-state index in [0.717, 1.165) is 34.1 Å². The standard InChI is InChI=1S/C26H26ClN5O3/c1-3-12-35-26(34)32-10-8-31(9-11-32)25(33)18-4-6-19-20(27)15-22(29-23(19)13-18)17-5-7-21-24(14-17)30(2)16-28-21/h4-7,13-16H,3,8-12H2,1-2H3. The predicted octanol–water partition coefficient (Wildman–Crippen LogP) is 4.75. The van der Waals surface area contributed by atoms with Crippen LogP contribution in [0.25, 0.3) is 33.2 Å². The van der Waals surface area contributed by atoms with Crippen molar-refractivity contribution in [1.29, 1.82) is 0 Å². The molecule has 0 spiro atoms. The molecule has 180 valence electrons. The minimum Gasteiger partial charge on any atom is -0.449 e. The minimum atomic E-state index is -0.319. The number of benzene rings is 2. The van der Waals surface area contributed by atoms with E-state index in [9.17, 15) is 9.59 Å². The highest BCUT2D eigenvalue weighted by molar-refractivity contribution is 6.35. The van der Waals surface area contributed by atoms with Crippen LogP contribution in [0.2, 0.25) is 5.02 Å². The zero-order valence-electron chi connectivity index (χ0n) is 19.7. The molecule has 1 aliphatic heterocycles. The average Bonchev–Trinajstić information content (AvgIpc) is 3.26. The van der Waals surface area contributed by atoms with E-state index in [4.69, 9.17) is 21.3 Å². The van der Waals surface area contributed by atoms with Gasteiger partial charge in [-0.3, -0.25) is 4.79 Å². The second kappa shape index (κ2) is 9.54. The lowest BCUT2D eigenvalue weighted by Gasteiger charge is -2.34. The van der Waals surface area contributed by atoms with Crippen molar-refractivity contribution in [3.05, 3.63) is 59.4 Å². The van der Waals surface area contributed by atoms with Crippen molar-refractivity contribution in [2.24, 2.45) is 7.05 Å². The third-order valence-electron chi connectivity index (χ3n) is 6.28. The molecule has 0 radical (unpaired) electrons. The van der Waals surface area contributed by atoms with Crippen LogP contribution in [-0.2, 0) is 11.8 Å². The number of carbonyl (C=O) groups excluding carboxylic acids is 2. The maximum Gasteiger partial charge on any atom is 0.409 e. The number of ether oxygens (including phenoxy) is 1. The zero-order valence-corrected chi connectivity index (χ0v) is 20.5. The Morgan fingerprint density at radius 1 is 1.00 bits per heavy atom. The second-order valence-corrected chi connectivity index (χ2v) is 9.08. The number of aryl methyl sites for hydroxylation is 1. The van der Waals surface area contributed by atoms with Crippen molar-refractivity contribution in [3.8, 4) is 11.3 Å². The fraction of sp³-hybridized carbons (Fsp3) is 0.308. The third kappa shape index (κ3) is 4.53. The van der Waals surface area contributed by atoms with E-state index in [-0.39, 0.29) is 12.0 Å². The van der Waals surface area contributed by atoms with Gasteiger partial charge in [-0.2, -0.15) is 0 Å². The first kappa shape index (κ1) is 23.1. The van der Waals surface area contributed by atoms with Gasteiger partial charge in [0.15, 0.2) is 0 Å². The van der Waals surface area contributed by atoms with Crippen LogP contribution in [0.3, 0.4) is 0 Å². The molecule has 4 aromatic rings. The first-order valence-corrected chi connectivity index (χ1v) is 12.0. The Balaban J connectivity index is 1.38. The van der Waals surface area contributed by atoms with Crippen LogP contribution >= 0.6 is 11.6 Å². The van der Waals surface area contributed by atoms with Gasteiger partial charge in [0.2, 0.25) is 0 Å². The van der Waals surface area contributed by atoms with E-state index in [1.54, 1.807) is 28.3 Å². The Hall–Kier alpha value is -3.65. The van der Waals surface area contributed by atoms with Crippen LogP contribution in [0.4, 0.5) is 4.79 Å². The number of hydrogen-bond acceptors (Lipinski definition) is 5.